The number of carbonyl (C=O) groups is 1. The number of aryl methyl sites for hydroxylation is 2. The van der Waals surface area contributed by atoms with Crippen molar-refractivity contribution in [3.63, 3.8) is 0 Å². The fourth-order valence-electron chi connectivity index (χ4n) is 1.95. The second-order valence-corrected chi connectivity index (χ2v) is 5.97. The zero-order valence-corrected chi connectivity index (χ0v) is 13.1. The second-order valence-electron chi connectivity index (χ2n) is 4.60. The van der Waals surface area contributed by atoms with Gasteiger partial charge in [-0.1, -0.05) is 17.7 Å². The molecule has 3 nitrogen and oxygen atoms in total. The van der Waals surface area contributed by atoms with Crippen molar-refractivity contribution in [3.05, 3.63) is 57.5 Å². The lowest BCUT2D eigenvalue weighted by Gasteiger charge is -2.09. The normalized spacial score (nSPS) is 10.7. The molecule has 1 N–H and O–H groups in total. The van der Waals surface area contributed by atoms with Gasteiger partial charge in [-0.3, -0.25) is 0 Å². The van der Waals surface area contributed by atoms with Gasteiger partial charge in [0, 0.05) is 11.4 Å². The Morgan fingerprint density at radius 1 is 1.38 bits per heavy atom. The quantitative estimate of drug-likeness (QED) is 0.842. The first-order valence-corrected chi connectivity index (χ1v) is 7.53. The molecule has 0 unspecified atom stereocenters. The van der Waals surface area contributed by atoms with Crippen LogP contribution in [-0.4, -0.2) is 16.1 Å². The molecule has 0 fully saturated rings. The molecule has 0 atom stereocenters. The minimum Gasteiger partial charge on any atom is -0.478 e. The first-order valence-electron chi connectivity index (χ1n) is 6.16. The monoisotopic (exact) mass is 325 g/mol. The Balaban J connectivity index is 2.27. The zero-order chi connectivity index (χ0) is 15.6. The van der Waals surface area contributed by atoms with Crippen LogP contribution in [0.25, 0.3) is 0 Å². The summed E-state index contributed by atoms with van der Waals surface area (Å²) in [7, 11) is 0. The number of carboxylic acids is 1. The molecule has 6 heteroatoms. The van der Waals surface area contributed by atoms with Crippen molar-refractivity contribution in [2.75, 3.05) is 0 Å². The third-order valence-corrected chi connectivity index (χ3v) is 4.24. The number of pyridine rings is 1. The van der Waals surface area contributed by atoms with Crippen LogP contribution in [0.2, 0.25) is 5.02 Å². The molecule has 0 saturated carbocycles. The molecule has 1 aromatic heterocycles. The van der Waals surface area contributed by atoms with Gasteiger partial charge in [0.1, 0.15) is 10.8 Å². The summed E-state index contributed by atoms with van der Waals surface area (Å²) in [6.07, 6.45) is 0. The van der Waals surface area contributed by atoms with Crippen LogP contribution in [0.4, 0.5) is 4.39 Å². The maximum Gasteiger partial charge on any atom is 0.338 e. The van der Waals surface area contributed by atoms with Crippen molar-refractivity contribution in [1.82, 2.24) is 4.98 Å². The van der Waals surface area contributed by atoms with E-state index >= 15 is 0 Å². The number of aromatic nitrogens is 1. The largest absolute Gasteiger partial charge is 0.478 e. The highest BCUT2D eigenvalue weighted by molar-refractivity contribution is 7.98. The molecule has 0 saturated heterocycles. The van der Waals surface area contributed by atoms with E-state index in [1.54, 1.807) is 19.1 Å². The summed E-state index contributed by atoms with van der Waals surface area (Å²) >= 11 is 6.90. The third-order valence-electron chi connectivity index (χ3n) is 2.88. The Bertz CT molecular complexity index is 706. The molecule has 0 amide bonds. The smallest absolute Gasteiger partial charge is 0.338 e. The SMILES string of the molecule is Cc1cc(C)c(C(=O)O)c(SCc2ccc(Cl)c(F)c2)n1. The van der Waals surface area contributed by atoms with Crippen molar-refractivity contribution in [2.24, 2.45) is 0 Å². The highest BCUT2D eigenvalue weighted by Gasteiger charge is 2.16. The molecule has 0 aliphatic rings. The van der Waals surface area contributed by atoms with Crippen LogP contribution in [0.3, 0.4) is 0 Å². The number of hydrogen-bond acceptors (Lipinski definition) is 3. The molecule has 0 bridgehead atoms. The minimum atomic E-state index is -1.01. The van der Waals surface area contributed by atoms with Gasteiger partial charge in [-0.05, 0) is 43.2 Å². The standard InChI is InChI=1S/C15H13ClFNO2S/c1-8-5-9(2)18-14(13(8)15(19)20)21-7-10-3-4-11(16)12(17)6-10/h3-6H,7H2,1-2H3,(H,19,20). The van der Waals surface area contributed by atoms with Crippen molar-refractivity contribution >= 4 is 29.3 Å². The Morgan fingerprint density at radius 2 is 2.10 bits per heavy atom. The number of hydrogen-bond donors (Lipinski definition) is 1. The highest BCUT2D eigenvalue weighted by Crippen LogP contribution is 2.28. The molecule has 21 heavy (non-hydrogen) atoms. The number of rotatable bonds is 4. The first kappa shape index (κ1) is 15.8. The third kappa shape index (κ3) is 3.74. The van der Waals surface area contributed by atoms with Gasteiger partial charge in [0.05, 0.1) is 10.6 Å². The predicted molar refractivity (Wildman–Crippen MR) is 81.6 cm³/mol. The summed E-state index contributed by atoms with van der Waals surface area (Å²) in [5, 5.41) is 9.79. The van der Waals surface area contributed by atoms with Crippen molar-refractivity contribution < 1.29 is 14.3 Å². The molecule has 0 radical (unpaired) electrons. The molecule has 0 spiro atoms. The number of benzene rings is 1. The van der Waals surface area contributed by atoms with Crippen LogP contribution >= 0.6 is 23.4 Å². The van der Waals surface area contributed by atoms with E-state index in [2.05, 4.69) is 4.98 Å². The lowest BCUT2D eigenvalue weighted by Crippen LogP contribution is -2.05. The number of nitrogens with zero attached hydrogens (tertiary/aromatic N) is 1. The fraction of sp³-hybridized carbons (Fsp3) is 0.200. The van der Waals surface area contributed by atoms with Crippen LogP contribution in [0.5, 0.6) is 0 Å². The lowest BCUT2D eigenvalue weighted by molar-refractivity contribution is 0.0691. The van der Waals surface area contributed by atoms with E-state index in [0.717, 1.165) is 11.3 Å². The van der Waals surface area contributed by atoms with Crippen LogP contribution in [0, 0.1) is 19.7 Å². The van der Waals surface area contributed by atoms with Crippen LogP contribution in [-0.2, 0) is 5.75 Å². The van der Waals surface area contributed by atoms with E-state index in [9.17, 15) is 14.3 Å². The molecule has 0 aliphatic heterocycles. The van der Waals surface area contributed by atoms with Gasteiger partial charge in [-0.25, -0.2) is 14.2 Å². The Labute approximate surface area is 131 Å². The van der Waals surface area contributed by atoms with Gasteiger partial charge in [0.2, 0.25) is 0 Å². The summed E-state index contributed by atoms with van der Waals surface area (Å²) in [6, 6.07) is 6.27. The molecule has 110 valence electrons. The van der Waals surface area contributed by atoms with Gasteiger partial charge in [-0.15, -0.1) is 11.8 Å². The summed E-state index contributed by atoms with van der Waals surface area (Å²) in [5.74, 6) is -1.07. The van der Waals surface area contributed by atoms with Gasteiger partial charge in [0.25, 0.3) is 0 Å². The van der Waals surface area contributed by atoms with Crippen molar-refractivity contribution in [3.8, 4) is 0 Å². The number of thioether (sulfide) groups is 1. The van der Waals surface area contributed by atoms with Gasteiger partial charge >= 0.3 is 5.97 Å². The van der Waals surface area contributed by atoms with Crippen molar-refractivity contribution in [2.45, 2.75) is 24.6 Å². The minimum absolute atomic E-state index is 0.0690. The summed E-state index contributed by atoms with van der Waals surface area (Å²) in [6.45, 7) is 3.55. The predicted octanol–water partition coefficient (Wildman–Crippen LogP) is 4.48. The van der Waals surface area contributed by atoms with Crippen molar-refractivity contribution in [1.29, 1.82) is 0 Å². The lowest BCUT2D eigenvalue weighted by atomic mass is 10.1. The average molecular weight is 326 g/mol. The summed E-state index contributed by atoms with van der Waals surface area (Å²) in [5.41, 5.74) is 2.33. The molecule has 1 heterocycles. The van der Waals surface area contributed by atoms with Gasteiger partial charge in [-0.2, -0.15) is 0 Å². The van der Waals surface area contributed by atoms with Crippen LogP contribution in [0.15, 0.2) is 29.3 Å². The van der Waals surface area contributed by atoms with Crippen LogP contribution in [0.1, 0.15) is 27.2 Å². The summed E-state index contributed by atoms with van der Waals surface area (Å²) in [4.78, 5) is 15.6. The maximum absolute atomic E-state index is 13.4. The van der Waals surface area contributed by atoms with E-state index in [1.165, 1.54) is 23.9 Å². The Kier molecular flexibility index (Phi) is 4.85. The van der Waals surface area contributed by atoms with E-state index in [1.807, 2.05) is 6.92 Å². The van der Waals surface area contributed by atoms with E-state index in [4.69, 9.17) is 11.6 Å². The number of halogens is 2. The molecule has 1 aromatic carbocycles. The van der Waals surface area contributed by atoms with Gasteiger partial charge in [0.15, 0.2) is 0 Å². The fourth-order valence-corrected chi connectivity index (χ4v) is 3.15. The molecule has 0 aliphatic carbocycles. The Morgan fingerprint density at radius 3 is 2.71 bits per heavy atom. The number of aromatic carboxylic acids is 1. The van der Waals surface area contributed by atoms with E-state index < -0.39 is 11.8 Å². The molecular weight excluding hydrogens is 313 g/mol. The van der Waals surface area contributed by atoms with E-state index in [-0.39, 0.29) is 10.6 Å². The zero-order valence-electron chi connectivity index (χ0n) is 11.5. The summed E-state index contributed by atoms with van der Waals surface area (Å²) < 4.78 is 13.4. The first-order chi connectivity index (χ1) is 9.88. The maximum atomic E-state index is 13.4. The second kappa shape index (κ2) is 6.45. The van der Waals surface area contributed by atoms with E-state index in [0.29, 0.717) is 16.3 Å². The molecular formula is C15H13ClFNO2S. The average Bonchev–Trinajstić information content (AvgIpc) is 2.38. The topological polar surface area (TPSA) is 50.2 Å². The molecule has 2 aromatic rings. The van der Waals surface area contributed by atoms with Gasteiger partial charge < -0.3 is 5.11 Å². The number of carboxylic acid groups (broad SMARTS) is 1. The molecule has 2 rings (SSSR count). The Hall–Kier alpha value is -1.59. The van der Waals surface area contributed by atoms with Crippen LogP contribution < -0.4 is 0 Å². The highest BCUT2D eigenvalue weighted by atomic mass is 35.5.